The van der Waals surface area contributed by atoms with E-state index in [1.165, 1.54) is 60.2 Å². The maximum atomic E-state index is 3.50. The van der Waals surface area contributed by atoms with Gasteiger partial charge in [0.25, 0.3) is 0 Å². The molecule has 104 valence electrons. The van der Waals surface area contributed by atoms with Crippen LogP contribution in [0, 0.1) is 5.41 Å². The van der Waals surface area contributed by atoms with Gasteiger partial charge in [0.05, 0.1) is 0 Å². The number of allylic oxidation sites excluding steroid dienone is 2. The summed E-state index contributed by atoms with van der Waals surface area (Å²) in [5.74, 6) is 0. The predicted octanol–water partition coefficient (Wildman–Crippen LogP) is 4.84. The van der Waals surface area contributed by atoms with Crippen LogP contribution in [0.5, 0.6) is 0 Å². The fourth-order valence-electron chi connectivity index (χ4n) is 3.72. The van der Waals surface area contributed by atoms with Gasteiger partial charge in [-0.15, -0.1) is 11.3 Å². The fraction of sp³-hybridized carbons (Fsp3) is 0.444. The van der Waals surface area contributed by atoms with Gasteiger partial charge in [0, 0.05) is 9.58 Å². The van der Waals surface area contributed by atoms with Crippen LogP contribution >= 0.6 is 11.3 Å². The third-order valence-electron chi connectivity index (χ3n) is 5.11. The smallest absolute Gasteiger partial charge is 0.0349 e. The van der Waals surface area contributed by atoms with Gasteiger partial charge in [0.2, 0.25) is 0 Å². The zero-order valence-electron chi connectivity index (χ0n) is 11.8. The van der Waals surface area contributed by atoms with E-state index >= 15 is 0 Å². The summed E-state index contributed by atoms with van der Waals surface area (Å²) >= 11 is 1.96. The highest BCUT2D eigenvalue weighted by Gasteiger charge is 2.33. The number of hydrogen-bond donors (Lipinski definition) is 1. The van der Waals surface area contributed by atoms with Crippen molar-refractivity contribution in [3.8, 4) is 0 Å². The van der Waals surface area contributed by atoms with Gasteiger partial charge in [-0.05, 0) is 73.7 Å². The molecule has 2 aromatic rings. The first kappa shape index (κ1) is 12.6. The number of piperidine rings is 1. The van der Waals surface area contributed by atoms with Crippen molar-refractivity contribution >= 4 is 27.0 Å². The lowest BCUT2D eigenvalue weighted by atomic mass is 9.69. The van der Waals surface area contributed by atoms with E-state index in [4.69, 9.17) is 0 Å². The molecule has 0 unspecified atom stereocenters. The number of fused-ring (bicyclic) bond motifs is 1. The van der Waals surface area contributed by atoms with Gasteiger partial charge in [-0.1, -0.05) is 24.3 Å². The van der Waals surface area contributed by atoms with Gasteiger partial charge >= 0.3 is 0 Å². The van der Waals surface area contributed by atoms with Crippen LogP contribution in [0.25, 0.3) is 15.7 Å². The zero-order chi connectivity index (χ0) is 13.4. The van der Waals surface area contributed by atoms with Gasteiger partial charge in [-0.25, -0.2) is 0 Å². The fourth-order valence-corrected chi connectivity index (χ4v) is 4.85. The molecule has 1 aliphatic heterocycles. The van der Waals surface area contributed by atoms with E-state index in [2.05, 4.69) is 41.7 Å². The Hall–Kier alpha value is -1.12. The van der Waals surface area contributed by atoms with E-state index in [1.807, 2.05) is 11.3 Å². The molecule has 2 heteroatoms. The van der Waals surface area contributed by atoms with E-state index in [0.29, 0.717) is 5.41 Å². The first-order valence-corrected chi connectivity index (χ1v) is 8.55. The molecule has 0 radical (unpaired) electrons. The molecule has 2 heterocycles. The Morgan fingerprint density at radius 1 is 1.05 bits per heavy atom. The third kappa shape index (κ3) is 2.21. The lowest BCUT2D eigenvalue weighted by Crippen LogP contribution is -2.37. The van der Waals surface area contributed by atoms with Crippen LogP contribution in [-0.2, 0) is 0 Å². The highest BCUT2D eigenvalue weighted by atomic mass is 32.1. The highest BCUT2D eigenvalue weighted by molar-refractivity contribution is 7.20. The molecule has 1 aromatic carbocycles. The number of thiophene rings is 1. The largest absolute Gasteiger partial charge is 0.317 e. The van der Waals surface area contributed by atoms with Crippen LogP contribution in [0.15, 0.2) is 36.4 Å². The molecule has 1 aromatic heterocycles. The maximum Gasteiger partial charge on any atom is 0.0349 e. The quantitative estimate of drug-likeness (QED) is 0.789. The molecule has 0 atom stereocenters. The van der Waals surface area contributed by atoms with E-state index in [-0.39, 0.29) is 0 Å². The third-order valence-corrected chi connectivity index (χ3v) is 6.30. The van der Waals surface area contributed by atoms with Crippen molar-refractivity contribution in [3.05, 3.63) is 41.3 Å². The minimum absolute atomic E-state index is 0.617. The summed E-state index contributed by atoms with van der Waals surface area (Å²) < 4.78 is 1.42. The molecule has 1 nitrogen and oxygen atoms in total. The summed E-state index contributed by atoms with van der Waals surface area (Å²) in [6.45, 7) is 2.43. The molecule has 20 heavy (non-hydrogen) atoms. The SMILES string of the molecule is C1=C(c2cc3ccccc3s2)CCC2(C1)CCNCC2. The number of nitrogens with one attached hydrogen (secondary N) is 1. The Bertz CT molecular complexity index is 613. The van der Waals surface area contributed by atoms with Crippen LogP contribution in [0.1, 0.15) is 37.0 Å². The molecule has 1 saturated heterocycles. The van der Waals surface area contributed by atoms with Crippen molar-refractivity contribution in [3.63, 3.8) is 0 Å². The summed E-state index contributed by atoms with van der Waals surface area (Å²) in [5, 5.41) is 4.90. The van der Waals surface area contributed by atoms with E-state index in [9.17, 15) is 0 Å². The number of benzene rings is 1. The van der Waals surface area contributed by atoms with Crippen molar-refractivity contribution in [1.82, 2.24) is 5.32 Å². The number of rotatable bonds is 1. The van der Waals surface area contributed by atoms with Crippen molar-refractivity contribution in [2.45, 2.75) is 32.1 Å². The molecular formula is C18H21NS. The Kier molecular flexibility index (Phi) is 3.16. The molecular weight excluding hydrogens is 262 g/mol. The lowest BCUT2D eigenvalue weighted by molar-refractivity contribution is 0.184. The molecule has 4 rings (SSSR count). The van der Waals surface area contributed by atoms with Crippen LogP contribution in [-0.4, -0.2) is 13.1 Å². The standard InChI is InChI=1S/C18H21NS/c1-2-4-16-15(3-1)13-17(20-16)14-5-7-18(8-6-14)9-11-19-12-10-18/h1-5,13,19H,6-12H2. The van der Waals surface area contributed by atoms with Crippen molar-refractivity contribution < 1.29 is 0 Å². The van der Waals surface area contributed by atoms with Gasteiger partial charge in [0.1, 0.15) is 0 Å². The lowest BCUT2D eigenvalue weighted by Gasteiger charge is -2.40. The summed E-state index contributed by atoms with van der Waals surface area (Å²) in [4.78, 5) is 1.50. The Morgan fingerprint density at radius 3 is 2.65 bits per heavy atom. The molecule has 0 bridgehead atoms. The second-order valence-electron chi connectivity index (χ2n) is 6.33. The van der Waals surface area contributed by atoms with E-state index < -0.39 is 0 Å². The minimum atomic E-state index is 0.617. The van der Waals surface area contributed by atoms with Crippen LogP contribution in [0.4, 0.5) is 0 Å². The average Bonchev–Trinajstić information content (AvgIpc) is 2.93. The Balaban J connectivity index is 1.60. The van der Waals surface area contributed by atoms with Crippen molar-refractivity contribution in [2.24, 2.45) is 5.41 Å². The molecule has 2 aliphatic rings. The van der Waals surface area contributed by atoms with Crippen molar-refractivity contribution in [1.29, 1.82) is 0 Å². The topological polar surface area (TPSA) is 12.0 Å². The summed E-state index contributed by atoms with van der Waals surface area (Å²) in [6, 6.07) is 11.1. The van der Waals surface area contributed by atoms with Crippen molar-refractivity contribution in [2.75, 3.05) is 13.1 Å². The normalized spacial score (nSPS) is 22.1. The van der Waals surface area contributed by atoms with E-state index in [1.54, 1.807) is 5.57 Å². The Morgan fingerprint density at radius 2 is 1.90 bits per heavy atom. The average molecular weight is 283 g/mol. The first-order chi connectivity index (χ1) is 9.85. The Labute approximate surface area is 124 Å². The van der Waals surface area contributed by atoms with Crippen LogP contribution in [0.3, 0.4) is 0 Å². The maximum absolute atomic E-state index is 3.50. The molecule has 1 spiro atoms. The zero-order valence-corrected chi connectivity index (χ0v) is 12.6. The van der Waals surface area contributed by atoms with Gasteiger partial charge in [0.15, 0.2) is 0 Å². The van der Waals surface area contributed by atoms with Crippen LogP contribution in [0.2, 0.25) is 0 Å². The summed E-state index contributed by atoms with van der Waals surface area (Å²) in [7, 11) is 0. The molecule has 0 amide bonds. The summed E-state index contributed by atoms with van der Waals surface area (Å²) in [5.41, 5.74) is 2.21. The molecule has 0 saturated carbocycles. The van der Waals surface area contributed by atoms with Gasteiger partial charge in [-0.3, -0.25) is 0 Å². The van der Waals surface area contributed by atoms with Crippen LogP contribution < -0.4 is 5.32 Å². The van der Waals surface area contributed by atoms with E-state index in [0.717, 1.165) is 0 Å². The summed E-state index contributed by atoms with van der Waals surface area (Å²) in [6.07, 6.45) is 9.21. The molecule has 1 N–H and O–H groups in total. The number of hydrogen-bond acceptors (Lipinski definition) is 2. The predicted molar refractivity (Wildman–Crippen MR) is 88.2 cm³/mol. The highest BCUT2D eigenvalue weighted by Crippen LogP contribution is 2.45. The minimum Gasteiger partial charge on any atom is -0.317 e. The second-order valence-corrected chi connectivity index (χ2v) is 7.42. The second kappa shape index (κ2) is 5.01. The monoisotopic (exact) mass is 283 g/mol. The molecule has 1 aliphatic carbocycles. The molecule has 1 fully saturated rings. The first-order valence-electron chi connectivity index (χ1n) is 7.73. The van der Waals surface area contributed by atoms with Gasteiger partial charge < -0.3 is 5.32 Å². The van der Waals surface area contributed by atoms with Gasteiger partial charge in [-0.2, -0.15) is 0 Å².